The van der Waals surface area contributed by atoms with Crippen LogP contribution in [-0.4, -0.2) is 71.6 Å². The van der Waals surface area contributed by atoms with Gasteiger partial charge in [-0.25, -0.2) is 34.9 Å². The summed E-state index contributed by atoms with van der Waals surface area (Å²) in [5, 5.41) is 36.3. The number of nitrogens with one attached hydrogen (secondary N) is 1. The zero-order valence-electron chi connectivity index (χ0n) is 77.9. The van der Waals surface area contributed by atoms with Crippen LogP contribution in [0.3, 0.4) is 0 Å². The zero-order valence-corrected chi connectivity index (χ0v) is 83.6. The van der Waals surface area contributed by atoms with Gasteiger partial charge in [-0.15, -0.1) is 91.2 Å². The van der Waals surface area contributed by atoms with E-state index in [0.29, 0.717) is 131 Å². The molecule has 6 N–H and O–H groups in total. The first-order valence-corrected chi connectivity index (χ1v) is 49.5. The lowest BCUT2D eigenvalue weighted by Crippen LogP contribution is -2.23. The van der Waals surface area contributed by atoms with Gasteiger partial charge in [0.05, 0.1) is 74.9 Å². The van der Waals surface area contributed by atoms with E-state index in [0.717, 1.165) is 67.6 Å². The molecule has 0 aliphatic heterocycles. The fourth-order valence-electron chi connectivity index (χ4n) is 11.3. The Labute approximate surface area is 722 Å². The number of nitrogens with zero attached hydrogens (tertiary/aromatic N) is 7. The Bertz CT molecular complexity index is 3400. The third-order valence-electron chi connectivity index (χ3n) is 19.8. The maximum atomic E-state index is 10.9. The Morgan fingerprint density at radius 2 is 0.681 bits per heavy atom. The van der Waals surface area contributed by atoms with E-state index in [2.05, 4.69) is 317 Å². The van der Waals surface area contributed by atoms with Crippen LogP contribution in [0.5, 0.6) is 0 Å². The predicted molar refractivity (Wildman–Crippen MR) is 507 cm³/mol. The van der Waals surface area contributed by atoms with Gasteiger partial charge in [0.1, 0.15) is 0 Å². The molecular weight excluding hydrogens is 1530 g/mol. The van der Waals surface area contributed by atoms with Gasteiger partial charge in [-0.2, -0.15) is 0 Å². The van der Waals surface area contributed by atoms with E-state index in [-0.39, 0.29) is 12.5 Å². The molecule has 6 unspecified atom stereocenters. The summed E-state index contributed by atoms with van der Waals surface area (Å²) in [5.74, 6) is 18.3. The number of rotatable bonds is 35. The topological polar surface area (TPSA) is 192 Å². The average molecular weight is 1690 g/mol. The second kappa shape index (κ2) is 59.9. The van der Waals surface area contributed by atoms with Crippen LogP contribution in [0.4, 0.5) is 0 Å². The first-order valence-electron chi connectivity index (χ1n) is 43.3. The molecule has 7 aromatic heterocycles. The summed E-state index contributed by atoms with van der Waals surface area (Å²) in [4.78, 5) is 43.6. The number of carbonyl (C=O) groups excluding carboxylic acids is 1. The van der Waals surface area contributed by atoms with Crippen LogP contribution in [0.2, 0.25) is 0 Å². The van der Waals surface area contributed by atoms with E-state index in [4.69, 9.17) is 31.5 Å². The van der Waals surface area contributed by atoms with Gasteiger partial charge in [0.2, 0.25) is 5.91 Å². The van der Waals surface area contributed by atoms with Crippen molar-refractivity contribution in [1.29, 1.82) is 0 Å². The van der Waals surface area contributed by atoms with Gasteiger partial charge in [-0.1, -0.05) is 242 Å². The molecule has 0 bridgehead atoms. The lowest BCUT2D eigenvalue weighted by atomic mass is 9.91. The molecule has 7 rings (SSSR count). The highest BCUT2D eigenvalue weighted by atomic mass is 32.1. The predicted octanol–water partition coefficient (Wildman–Crippen LogP) is 29.2. The largest absolute Gasteiger partial charge is 0.396 e. The third-order valence-corrected chi connectivity index (χ3v) is 26.7. The molecule has 0 spiro atoms. The van der Waals surface area contributed by atoms with Gasteiger partial charge in [0, 0.05) is 125 Å². The number of aliphatic hydroxyl groups excluding tert-OH is 1. The molecule has 0 radical (unpaired) electrons. The summed E-state index contributed by atoms with van der Waals surface area (Å²) in [6.45, 7) is 79.4. The molecule has 0 aromatic carbocycles. The molecule has 6 atom stereocenters. The molecule has 12 nitrogen and oxygen atoms in total. The van der Waals surface area contributed by atoms with Crippen LogP contribution < -0.4 is 16.8 Å². The van der Waals surface area contributed by atoms with Crippen LogP contribution in [0.1, 0.15) is 452 Å². The molecule has 0 fully saturated rings. The Kier molecular flexibility index (Phi) is 57.9. The second-order valence-corrected chi connectivity index (χ2v) is 42.1. The van der Waals surface area contributed by atoms with Crippen molar-refractivity contribution in [1.82, 2.24) is 40.2 Å². The number of thiazole rings is 7. The molecule has 7 aromatic rings. The van der Waals surface area contributed by atoms with Crippen LogP contribution in [0.25, 0.3) is 0 Å². The van der Waals surface area contributed by atoms with Gasteiger partial charge >= 0.3 is 0 Å². The zero-order chi connectivity index (χ0) is 86.5. The van der Waals surface area contributed by atoms with E-state index >= 15 is 0 Å². The molecular formula is C94H166N10O2S7. The molecule has 19 heteroatoms. The van der Waals surface area contributed by atoms with Crippen molar-refractivity contribution in [3.05, 3.63) is 113 Å². The Morgan fingerprint density at radius 3 is 0.947 bits per heavy atom. The summed E-state index contributed by atoms with van der Waals surface area (Å²) in [7, 11) is 0. The number of hydrogen-bond acceptors (Lipinski definition) is 18. The molecule has 7 heterocycles. The van der Waals surface area contributed by atoms with Crippen LogP contribution in [0, 0.1) is 59.2 Å². The SMILES string of the molecule is CC(C)CCC#CCCNC(C)C.CC(C)Cc1nc(C(C)C)cs1.CC(C)c1csc(C(C)C(C)C)n1.CC(C)c1csc(C(CCC(N)=O)C(C)C)n1.CC(C)c1csc(C(CCCO)C(C)C)n1.CC(C)c1csc(C(CN)C(C)C)n1.CCC(c1nc(C(C)C)cs1)C(C)C.CCC(c1nc(C(C)C)cs1)C(C)C. The number of primary amides is 1. The number of nitrogens with two attached hydrogens (primary N) is 2. The molecule has 0 saturated carbocycles. The van der Waals surface area contributed by atoms with Crippen LogP contribution in [0.15, 0.2) is 37.7 Å². The first-order chi connectivity index (χ1) is 52.9. The van der Waals surface area contributed by atoms with E-state index < -0.39 is 0 Å². The fourth-order valence-corrected chi connectivity index (χ4v) is 20.3. The lowest BCUT2D eigenvalue weighted by molar-refractivity contribution is -0.118. The average Bonchev–Trinajstić information content (AvgIpc) is 1.74. The summed E-state index contributed by atoms with van der Waals surface area (Å²) in [6.07, 6.45) is 9.94. The molecule has 0 saturated heterocycles. The van der Waals surface area contributed by atoms with E-state index in [1.54, 1.807) is 56.7 Å². The highest BCUT2D eigenvalue weighted by Gasteiger charge is 2.25. The molecule has 0 aliphatic carbocycles. The van der Waals surface area contributed by atoms with Crippen LogP contribution in [-0.2, 0) is 11.2 Å². The normalized spacial score (nSPS) is 13.1. The van der Waals surface area contributed by atoms with Gasteiger partial charge < -0.3 is 21.9 Å². The maximum absolute atomic E-state index is 10.9. The third kappa shape index (κ3) is 45.3. The van der Waals surface area contributed by atoms with Crippen molar-refractivity contribution < 1.29 is 9.90 Å². The Morgan fingerprint density at radius 1 is 0.381 bits per heavy atom. The number of hydrogen-bond donors (Lipinski definition) is 4. The van der Waals surface area contributed by atoms with Gasteiger partial charge in [-0.3, -0.25) is 4.79 Å². The smallest absolute Gasteiger partial charge is 0.217 e. The maximum Gasteiger partial charge on any atom is 0.217 e. The minimum Gasteiger partial charge on any atom is -0.396 e. The van der Waals surface area contributed by atoms with Gasteiger partial charge in [-0.05, 0) is 127 Å². The number of amides is 1. The summed E-state index contributed by atoms with van der Waals surface area (Å²) in [6, 6.07) is 0.581. The Hall–Kier alpha value is -3.68. The summed E-state index contributed by atoms with van der Waals surface area (Å²) >= 11 is 12.5. The Balaban J connectivity index is 0.00000127. The molecule has 646 valence electrons. The van der Waals surface area contributed by atoms with Crippen molar-refractivity contribution in [3.63, 3.8) is 0 Å². The standard InChI is InChI=1S/C13H22N2OS.C13H23NOS.2C12H21NS.C12H23N.C11H20N2S.C11H19NS.C10H17NS/c1-8(2)10(5-6-12(14)16)13-15-11(7-17-13)9(3)4;1-9(2)11(6-5-7-15)13-14-12(8-16-13)10(3)4;2*1-6-10(8(2)3)12-13-11(7-14-12)9(4)5;1-11(2)9-7-5-6-8-10-13-12(3)4;1-7(2)9(5-12)11-13-10(6-14-11)8(3)4;1-7(2)9(5)11-12-10(6-13-11)8(3)4;1-7(2)5-10-11-9(6-12-10)8(3)4/h7-10H,5-6H2,1-4H3,(H2,14,16);8-11,15H,5-7H2,1-4H3;2*7-10H,6H2,1-5H3;11-13H,7-10H2,1-4H3;6-9H,5,12H2,1-4H3;6-9H,1-5H3;6-8H,5H2,1-4H3. The van der Waals surface area contributed by atoms with Crippen molar-refractivity contribution in [2.45, 2.75) is 390 Å². The fraction of sp³-hybridized carbons (Fsp3) is 0.745. The van der Waals surface area contributed by atoms with Crippen LogP contribution >= 0.6 is 79.4 Å². The van der Waals surface area contributed by atoms with E-state index in [9.17, 15) is 4.79 Å². The number of carbonyl (C=O) groups is 1. The van der Waals surface area contributed by atoms with Crippen molar-refractivity contribution in [2.24, 2.45) is 58.8 Å². The molecule has 113 heavy (non-hydrogen) atoms. The number of aliphatic hydroxyl groups is 1. The quantitative estimate of drug-likeness (QED) is 0.0218. The van der Waals surface area contributed by atoms with E-state index in [1.807, 2.05) is 22.7 Å². The van der Waals surface area contributed by atoms with Crippen molar-refractivity contribution in [2.75, 3.05) is 19.7 Å². The molecule has 0 aliphatic rings. The monoisotopic (exact) mass is 1690 g/mol. The number of aromatic nitrogens is 7. The molecule has 1 amide bonds. The lowest BCUT2D eigenvalue weighted by Gasteiger charge is -2.17. The highest BCUT2D eigenvalue weighted by Crippen LogP contribution is 2.37. The first kappa shape index (κ1) is 109. The highest BCUT2D eigenvalue weighted by molar-refractivity contribution is 7.11. The van der Waals surface area contributed by atoms with Gasteiger partial charge in [0.15, 0.2) is 0 Å². The van der Waals surface area contributed by atoms with E-state index in [1.165, 1.54) is 83.5 Å². The van der Waals surface area contributed by atoms with Crippen molar-refractivity contribution >= 4 is 85.3 Å². The second-order valence-electron chi connectivity index (χ2n) is 35.9. The minimum atomic E-state index is -0.226. The summed E-state index contributed by atoms with van der Waals surface area (Å²) in [5.41, 5.74) is 19.5. The summed E-state index contributed by atoms with van der Waals surface area (Å²) < 4.78 is 0. The van der Waals surface area contributed by atoms with Crippen molar-refractivity contribution in [3.8, 4) is 11.8 Å². The minimum absolute atomic E-state index is 0.226. The van der Waals surface area contributed by atoms with Gasteiger partial charge in [0.25, 0.3) is 0 Å².